The van der Waals surface area contributed by atoms with Gasteiger partial charge < -0.3 is 4.90 Å². The highest BCUT2D eigenvalue weighted by Crippen LogP contribution is 2.20. The van der Waals surface area contributed by atoms with Crippen molar-refractivity contribution in [2.45, 2.75) is 25.7 Å². The van der Waals surface area contributed by atoms with E-state index in [1.165, 1.54) is 16.7 Å². The highest BCUT2D eigenvalue weighted by atomic mass is 79.9. The van der Waals surface area contributed by atoms with Crippen LogP contribution in [0.25, 0.3) is 0 Å². The van der Waals surface area contributed by atoms with E-state index in [2.05, 4.69) is 70.0 Å². The molecule has 0 N–H and O–H groups in total. The molecule has 1 aromatic carbocycles. The van der Waals surface area contributed by atoms with Crippen LogP contribution in [0.5, 0.6) is 0 Å². The lowest BCUT2D eigenvalue weighted by Crippen LogP contribution is -2.24. The fourth-order valence-electron chi connectivity index (χ4n) is 2.17. The molecule has 0 amide bonds. The Labute approximate surface area is 123 Å². The van der Waals surface area contributed by atoms with Crippen molar-refractivity contribution in [3.8, 4) is 0 Å². The predicted octanol–water partition coefficient (Wildman–Crippen LogP) is 4.31. The number of rotatable bonds is 5. The third-order valence-corrected chi connectivity index (χ3v) is 3.81. The number of aromatic nitrogens is 1. The predicted molar refractivity (Wildman–Crippen MR) is 84.8 cm³/mol. The van der Waals surface area contributed by atoms with Crippen LogP contribution in [-0.2, 0) is 11.9 Å². The van der Waals surface area contributed by atoms with Crippen molar-refractivity contribution in [1.29, 1.82) is 0 Å². The summed E-state index contributed by atoms with van der Waals surface area (Å²) in [6.45, 7) is 6.15. The molecule has 100 valence electrons. The van der Waals surface area contributed by atoms with E-state index in [0.717, 1.165) is 24.2 Å². The van der Waals surface area contributed by atoms with Crippen molar-refractivity contribution in [1.82, 2.24) is 4.98 Å². The molecule has 1 aromatic heterocycles. The van der Waals surface area contributed by atoms with E-state index in [4.69, 9.17) is 0 Å². The standard InChI is InChI=1S/C16H19BrN2/c1-3-19(12-14-7-5-4-6-8-14)16-13(2)9-15(10-17)11-18-16/h4-9,11H,3,10,12H2,1-2H3. The Hall–Kier alpha value is -1.35. The second kappa shape index (κ2) is 6.71. The topological polar surface area (TPSA) is 16.1 Å². The molecule has 0 saturated heterocycles. The van der Waals surface area contributed by atoms with Crippen LogP contribution in [0.2, 0.25) is 0 Å². The van der Waals surface area contributed by atoms with Gasteiger partial charge in [-0.3, -0.25) is 0 Å². The summed E-state index contributed by atoms with van der Waals surface area (Å²) in [5, 5.41) is 0.853. The van der Waals surface area contributed by atoms with Crippen LogP contribution < -0.4 is 4.90 Å². The summed E-state index contributed by atoms with van der Waals surface area (Å²) in [6.07, 6.45) is 1.95. The molecule has 0 spiro atoms. The van der Waals surface area contributed by atoms with E-state index in [9.17, 15) is 0 Å². The van der Waals surface area contributed by atoms with Gasteiger partial charge in [0.1, 0.15) is 5.82 Å². The Balaban J connectivity index is 2.22. The lowest BCUT2D eigenvalue weighted by atomic mass is 10.1. The van der Waals surface area contributed by atoms with Crippen LogP contribution in [0.15, 0.2) is 42.6 Å². The van der Waals surface area contributed by atoms with Gasteiger partial charge in [-0.15, -0.1) is 0 Å². The van der Waals surface area contributed by atoms with Gasteiger partial charge in [0.25, 0.3) is 0 Å². The number of aryl methyl sites for hydroxylation is 1. The highest BCUT2D eigenvalue weighted by molar-refractivity contribution is 9.08. The zero-order chi connectivity index (χ0) is 13.7. The molecule has 0 unspecified atom stereocenters. The molecule has 0 aliphatic carbocycles. The van der Waals surface area contributed by atoms with Crippen LogP contribution in [-0.4, -0.2) is 11.5 Å². The van der Waals surface area contributed by atoms with Gasteiger partial charge in [-0.2, -0.15) is 0 Å². The molecule has 2 nitrogen and oxygen atoms in total. The van der Waals surface area contributed by atoms with Crippen molar-refractivity contribution < 1.29 is 0 Å². The maximum Gasteiger partial charge on any atom is 0.131 e. The molecule has 1 heterocycles. The largest absolute Gasteiger partial charge is 0.352 e. The van der Waals surface area contributed by atoms with Crippen molar-refractivity contribution >= 4 is 21.7 Å². The monoisotopic (exact) mass is 318 g/mol. The molecule has 3 heteroatoms. The molecule has 0 aliphatic heterocycles. The minimum atomic E-state index is 0.853. The molecule has 2 rings (SSSR count). The van der Waals surface area contributed by atoms with Gasteiger partial charge in [0.2, 0.25) is 0 Å². The third kappa shape index (κ3) is 3.57. The lowest BCUT2D eigenvalue weighted by molar-refractivity contribution is 0.808. The fraction of sp³-hybridized carbons (Fsp3) is 0.312. The van der Waals surface area contributed by atoms with Crippen molar-refractivity contribution in [3.05, 3.63) is 59.3 Å². The minimum absolute atomic E-state index is 0.853. The summed E-state index contributed by atoms with van der Waals surface area (Å²) < 4.78 is 0. The van der Waals surface area contributed by atoms with E-state index in [-0.39, 0.29) is 0 Å². The lowest BCUT2D eigenvalue weighted by Gasteiger charge is -2.24. The summed E-state index contributed by atoms with van der Waals surface area (Å²) in [7, 11) is 0. The van der Waals surface area contributed by atoms with E-state index in [1.54, 1.807) is 0 Å². The Bertz CT molecular complexity index is 526. The first-order valence-electron chi connectivity index (χ1n) is 6.55. The number of pyridine rings is 1. The normalized spacial score (nSPS) is 10.5. The summed E-state index contributed by atoms with van der Waals surface area (Å²) >= 11 is 3.47. The zero-order valence-corrected chi connectivity index (χ0v) is 13.0. The van der Waals surface area contributed by atoms with E-state index >= 15 is 0 Å². The molecule has 19 heavy (non-hydrogen) atoms. The maximum atomic E-state index is 4.61. The summed E-state index contributed by atoms with van der Waals surface area (Å²) in [4.78, 5) is 6.92. The first kappa shape index (κ1) is 14.1. The Morgan fingerprint density at radius 3 is 2.47 bits per heavy atom. The Morgan fingerprint density at radius 2 is 1.89 bits per heavy atom. The first-order chi connectivity index (χ1) is 9.24. The summed E-state index contributed by atoms with van der Waals surface area (Å²) in [5.41, 5.74) is 3.77. The number of hydrogen-bond acceptors (Lipinski definition) is 2. The average molecular weight is 319 g/mol. The zero-order valence-electron chi connectivity index (χ0n) is 11.4. The minimum Gasteiger partial charge on any atom is -0.352 e. The van der Waals surface area contributed by atoms with Crippen LogP contribution in [0.3, 0.4) is 0 Å². The third-order valence-electron chi connectivity index (χ3n) is 3.16. The van der Waals surface area contributed by atoms with Gasteiger partial charge in [0.15, 0.2) is 0 Å². The Morgan fingerprint density at radius 1 is 1.16 bits per heavy atom. The quantitative estimate of drug-likeness (QED) is 0.763. The van der Waals surface area contributed by atoms with Crippen LogP contribution in [0.4, 0.5) is 5.82 Å². The molecule has 0 atom stereocenters. The van der Waals surface area contributed by atoms with E-state index in [1.807, 2.05) is 12.3 Å². The smallest absolute Gasteiger partial charge is 0.131 e. The number of alkyl halides is 1. The van der Waals surface area contributed by atoms with E-state index in [0.29, 0.717) is 0 Å². The summed E-state index contributed by atoms with van der Waals surface area (Å²) in [5.74, 6) is 1.08. The van der Waals surface area contributed by atoms with Gasteiger partial charge >= 0.3 is 0 Å². The Kier molecular flexibility index (Phi) is 4.97. The van der Waals surface area contributed by atoms with Crippen LogP contribution in [0, 0.1) is 6.92 Å². The van der Waals surface area contributed by atoms with Crippen molar-refractivity contribution in [2.24, 2.45) is 0 Å². The molecule has 0 bridgehead atoms. The molecule has 0 saturated carbocycles. The second-order valence-corrected chi connectivity index (χ2v) is 5.18. The van der Waals surface area contributed by atoms with Gasteiger partial charge in [0, 0.05) is 24.6 Å². The van der Waals surface area contributed by atoms with Gasteiger partial charge in [-0.05, 0) is 30.5 Å². The van der Waals surface area contributed by atoms with Gasteiger partial charge in [-0.1, -0.05) is 52.3 Å². The SMILES string of the molecule is CCN(Cc1ccccc1)c1ncc(CBr)cc1C. The van der Waals surface area contributed by atoms with Gasteiger partial charge in [-0.25, -0.2) is 4.98 Å². The fourth-order valence-corrected chi connectivity index (χ4v) is 2.48. The van der Waals surface area contributed by atoms with Crippen LogP contribution >= 0.6 is 15.9 Å². The molecule has 0 radical (unpaired) electrons. The molecule has 2 aromatic rings. The average Bonchev–Trinajstić information content (AvgIpc) is 2.46. The molecule has 0 aliphatic rings. The molecule has 0 fully saturated rings. The highest BCUT2D eigenvalue weighted by Gasteiger charge is 2.10. The molecular weight excluding hydrogens is 300 g/mol. The first-order valence-corrected chi connectivity index (χ1v) is 7.67. The number of nitrogens with zero attached hydrogens (tertiary/aromatic N) is 2. The molecular formula is C16H19BrN2. The van der Waals surface area contributed by atoms with E-state index < -0.39 is 0 Å². The van der Waals surface area contributed by atoms with Crippen molar-refractivity contribution in [2.75, 3.05) is 11.4 Å². The van der Waals surface area contributed by atoms with Crippen LogP contribution in [0.1, 0.15) is 23.6 Å². The van der Waals surface area contributed by atoms with Crippen molar-refractivity contribution in [3.63, 3.8) is 0 Å². The number of anilines is 1. The number of halogens is 1. The number of benzene rings is 1. The van der Waals surface area contributed by atoms with Gasteiger partial charge in [0.05, 0.1) is 0 Å². The second-order valence-electron chi connectivity index (χ2n) is 4.62. The maximum absolute atomic E-state index is 4.61. The summed E-state index contributed by atoms with van der Waals surface area (Å²) in [6, 6.07) is 12.7. The number of hydrogen-bond donors (Lipinski definition) is 0.